The molecule has 0 amide bonds. The van der Waals surface area contributed by atoms with Gasteiger partial charge in [0.25, 0.3) is 0 Å². The summed E-state index contributed by atoms with van der Waals surface area (Å²) in [5, 5.41) is -0.589. The predicted octanol–water partition coefficient (Wildman–Crippen LogP) is 4.97. The van der Waals surface area contributed by atoms with Crippen molar-refractivity contribution >= 4 is 39.0 Å². The number of pyridine rings is 2. The lowest BCUT2D eigenvalue weighted by molar-refractivity contribution is -0.137. The van der Waals surface area contributed by atoms with Crippen LogP contribution in [0.1, 0.15) is 39.1 Å². The summed E-state index contributed by atoms with van der Waals surface area (Å²) in [6, 6.07) is 6.52. The maximum Gasteiger partial charge on any atom is 0.417 e. The summed E-state index contributed by atoms with van der Waals surface area (Å²) < 4.78 is 72.7. The first-order valence-electron chi connectivity index (χ1n) is 9.38. The summed E-state index contributed by atoms with van der Waals surface area (Å²) >= 11 is 11.6. The quantitative estimate of drug-likeness (QED) is 0.340. The van der Waals surface area contributed by atoms with Gasteiger partial charge in [-0.2, -0.15) is 17.9 Å². The number of hydrogen-bond donors (Lipinski definition) is 1. The molecule has 0 radical (unpaired) electrons. The number of sulfonamides is 1. The summed E-state index contributed by atoms with van der Waals surface area (Å²) in [5.74, 6) is -0.591. The van der Waals surface area contributed by atoms with Crippen LogP contribution < -0.4 is 4.72 Å². The molecular weight excluding hydrogens is 518 g/mol. The molecule has 0 fully saturated rings. The van der Waals surface area contributed by atoms with Gasteiger partial charge in [-0.05, 0) is 43.3 Å². The molecule has 0 aliphatic rings. The van der Waals surface area contributed by atoms with Gasteiger partial charge in [-0.3, -0.25) is 14.8 Å². The second kappa shape index (κ2) is 9.96. The molecule has 34 heavy (non-hydrogen) atoms. The molecule has 3 rings (SSSR count). The van der Waals surface area contributed by atoms with E-state index in [2.05, 4.69) is 14.7 Å². The molecule has 3 aromatic rings. The van der Waals surface area contributed by atoms with E-state index in [0.29, 0.717) is 11.8 Å². The third-order valence-corrected chi connectivity index (χ3v) is 6.54. The molecule has 0 aliphatic heterocycles. The molecule has 1 atom stereocenters. The van der Waals surface area contributed by atoms with E-state index in [1.807, 2.05) is 0 Å². The summed E-state index contributed by atoms with van der Waals surface area (Å²) in [7, 11) is -3.44. The van der Waals surface area contributed by atoms with E-state index in [0.717, 1.165) is 19.2 Å². The van der Waals surface area contributed by atoms with E-state index in [1.165, 1.54) is 24.5 Å². The Kier molecular flexibility index (Phi) is 7.63. The minimum Gasteiger partial charge on any atom is -0.361 e. The number of halogens is 5. The summed E-state index contributed by atoms with van der Waals surface area (Å²) in [6.07, 6.45) is -3.87. The van der Waals surface area contributed by atoms with Crippen LogP contribution in [0.3, 0.4) is 0 Å². The highest BCUT2D eigenvalue weighted by molar-refractivity contribution is 7.89. The number of benzene rings is 1. The molecule has 0 aliphatic carbocycles. The number of methoxy groups -OCH3 is 1. The molecule has 0 spiro atoms. The third-order valence-electron chi connectivity index (χ3n) is 4.61. The highest BCUT2D eigenvalue weighted by Gasteiger charge is 2.35. The van der Waals surface area contributed by atoms with E-state index < -0.39 is 43.7 Å². The molecule has 0 saturated carbocycles. The maximum atomic E-state index is 13.2. The molecule has 0 saturated heterocycles. The maximum absolute atomic E-state index is 13.2. The van der Waals surface area contributed by atoms with E-state index >= 15 is 0 Å². The van der Waals surface area contributed by atoms with Crippen LogP contribution in [0.25, 0.3) is 0 Å². The first kappa shape index (κ1) is 26.0. The number of ether oxygens (including phenoxy) is 1. The Morgan fingerprint density at radius 1 is 1.09 bits per heavy atom. The number of ketones is 1. The number of carbonyl (C=O) groups excluding carboxylic acids is 1. The SMILES string of the molecule is COC(NS(=O)(=O)c1ccc(Cl)c(C(F)(F)F)c1)c1cc(Cl)cnc1C(=O)c1ccc(C)nc1. The molecule has 7 nitrogen and oxygen atoms in total. The van der Waals surface area contributed by atoms with Crippen molar-refractivity contribution in [3.63, 3.8) is 0 Å². The van der Waals surface area contributed by atoms with Crippen molar-refractivity contribution in [3.8, 4) is 0 Å². The first-order valence-corrected chi connectivity index (χ1v) is 11.6. The largest absolute Gasteiger partial charge is 0.417 e. The number of rotatable bonds is 7. The van der Waals surface area contributed by atoms with E-state index in [9.17, 15) is 26.4 Å². The van der Waals surface area contributed by atoms with Crippen molar-refractivity contribution < 1.29 is 31.1 Å². The van der Waals surface area contributed by atoms with Gasteiger partial charge >= 0.3 is 6.18 Å². The zero-order chi connectivity index (χ0) is 25.3. The van der Waals surface area contributed by atoms with Gasteiger partial charge in [0.2, 0.25) is 15.8 Å². The number of nitrogens with zero attached hydrogens (tertiary/aromatic N) is 2. The molecular formula is C21H16Cl2F3N3O4S. The van der Waals surface area contributed by atoms with Crippen LogP contribution in [-0.4, -0.2) is 31.3 Å². The molecule has 1 N–H and O–H groups in total. The van der Waals surface area contributed by atoms with Crippen LogP contribution in [-0.2, 0) is 20.9 Å². The van der Waals surface area contributed by atoms with E-state index in [4.69, 9.17) is 27.9 Å². The molecule has 1 aromatic carbocycles. The number of alkyl halides is 3. The van der Waals surface area contributed by atoms with Gasteiger partial charge in [-0.25, -0.2) is 8.42 Å². The van der Waals surface area contributed by atoms with Crippen LogP contribution in [0.15, 0.2) is 53.7 Å². The average molecular weight is 534 g/mol. The van der Waals surface area contributed by atoms with Crippen molar-refractivity contribution in [2.45, 2.75) is 24.2 Å². The Balaban J connectivity index is 2.02. The van der Waals surface area contributed by atoms with Crippen LogP contribution in [0, 0.1) is 6.92 Å². The van der Waals surface area contributed by atoms with Gasteiger partial charge in [0, 0.05) is 36.3 Å². The van der Waals surface area contributed by atoms with Gasteiger partial charge < -0.3 is 4.74 Å². The highest BCUT2D eigenvalue weighted by Crippen LogP contribution is 2.36. The summed E-state index contributed by atoms with van der Waals surface area (Å²) in [6.45, 7) is 1.73. The minimum atomic E-state index is -4.87. The normalized spacial score (nSPS) is 13.0. The Labute approximate surface area is 202 Å². The fraction of sp³-hybridized carbons (Fsp3) is 0.190. The van der Waals surface area contributed by atoms with Gasteiger partial charge in [0.15, 0.2) is 0 Å². The Hall–Kier alpha value is -2.57. The average Bonchev–Trinajstić information content (AvgIpc) is 2.77. The zero-order valence-electron chi connectivity index (χ0n) is 17.5. The van der Waals surface area contributed by atoms with E-state index in [-0.39, 0.29) is 21.8 Å². The number of nitrogens with one attached hydrogen (secondary N) is 1. The highest BCUT2D eigenvalue weighted by atomic mass is 35.5. The smallest absolute Gasteiger partial charge is 0.361 e. The van der Waals surface area contributed by atoms with Crippen molar-refractivity contribution in [2.24, 2.45) is 0 Å². The molecule has 0 bridgehead atoms. The Morgan fingerprint density at radius 3 is 2.38 bits per heavy atom. The monoisotopic (exact) mass is 533 g/mol. The van der Waals surface area contributed by atoms with Crippen LogP contribution in [0.5, 0.6) is 0 Å². The van der Waals surface area contributed by atoms with Gasteiger partial charge in [-0.15, -0.1) is 0 Å². The van der Waals surface area contributed by atoms with E-state index in [1.54, 1.807) is 13.0 Å². The topological polar surface area (TPSA) is 98.2 Å². The summed E-state index contributed by atoms with van der Waals surface area (Å²) in [5.41, 5.74) is -0.708. The lowest BCUT2D eigenvalue weighted by atomic mass is 10.0. The number of aromatic nitrogens is 2. The second-order valence-electron chi connectivity index (χ2n) is 6.99. The molecule has 13 heteroatoms. The van der Waals surface area contributed by atoms with Gasteiger partial charge in [0.1, 0.15) is 11.9 Å². The lowest BCUT2D eigenvalue weighted by Gasteiger charge is -2.20. The number of aryl methyl sites for hydroxylation is 1. The second-order valence-corrected chi connectivity index (χ2v) is 9.54. The number of hydrogen-bond acceptors (Lipinski definition) is 6. The number of carbonyl (C=O) groups is 1. The fourth-order valence-electron chi connectivity index (χ4n) is 2.92. The van der Waals surface area contributed by atoms with Crippen molar-refractivity contribution in [3.05, 3.63) is 86.9 Å². The van der Waals surface area contributed by atoms with Crippen molar-refractivity contribution in [1.82, 2.24) is 14.7 Å². The Morgan fingerprint density at radius 2 is 1.79 bits per heavy atom. The van der Waals surface area contributed by atoms with Crippen LogP contribution in [0.4, 0.5) is 13.2 Å². The lowest BCUT2D eigenvalue weighted by Crippen LogP contribution is -2.31. The standard InChI is InChI=1S/C21H16Cl2F3N3O4S/c1-11-3-4-12(9-27-11)19(30)18-15(7-13(22)10-28-18)20(33-2)29-34(31,32)14-5-6-17(23)16(8-14)21(24,25)26/h3-10,20,29H,1-2H3. The first-order chi connectivity index (χ1) is 15.8. The fourth-order valence-corrected chi connectivity index (χ4v) is 4.47. The van der Waals surface area contributed by atoms with Crippen molar-refractivity contribution in [2.75, 3.05) is 7.11 Å². The molecule has 2 aromatic heterocycles. The molecule has 1 unspecified atom stereocenters. The molecule has 180 valence electrons. The zero-order valence-corrected chi connectivity index (χ0v) is 19.8. The van der Waals surface area contributed by atoms with Crippen LogP contribution >= 0.6 is 23.2 Å². The summed E-state index contributed by atoms with van der Waals surface area (Å²) in [4.78, 5) is 20.4. The van der Waals surface area contributed by atoms with Gasteiger partial charge in [-0.1, -0.05) is 23.2 Å². The Bertz CT molecular complexity index is 1330. The van der Waals surface area contributed by atoms with Crippen LogP contribution in [0.2, 0.25) is 10.0 Å². The third kappa shape index (κ3) is 5.73. The predicted molar refractivity (Wildman–Crippen MR) is 118 cm³/mol. The molecule has 2 heterocycles. The van der Waals surface area contributed by atoms with Gasteiger partial charge in [0.05, 0.1) is 20.5 Å². The minimum absolute atomic E-state index is 0.0471. The van der Waals surface area contributed by atoms with Crippen molar-refractivity contribution in [1.29, 1.82) is 0 Å².